The Bertz CT molecular complexity index is 1460. The average Bonchev–Trinajstić information content (AvgIpc) is 3.29. The fourth-order valence-corrected chi connectivity index (χ4v) is 7.73. The molecule has 0 heterocycles. The van der Waals surface area contributed by atoms with E-state index in [1.54, 1.807) is 0 Å². The summed E-state index contributed by atoms with van der Waals surface area (Å²) in [6.45, 7) is 3.19. The van der Waals surface area contributed by atoms with E-state index < -0.39 is 75.7 Å². The predicted octanol–water partition coefficient (Wildman–Crippen LogP) is 10.1. The van der Waals surface area contributed by atoms with Crippen LogP contribution in [0.5, 0.6) is 0 Å². The van der Waals surface area contributed by atoms with Crippen LogP contribution in [-0.4, -0.2) is 98.3 Å². The first-order chi connectivity index (χ1) is 31.4. The van der Waals surface area contributed by atoms with E-state index in [0.29, 0.717) is 19.3 Å². The number of hydrogen-bond donors (Lipinski definition) is 6. The molecule has 0 radical (unpaired) electrons. The van der Waals surface area contributed by atoms with Crippen molar-refractivity contribution in [1.82, 2.24) is 0 Å². The van der Waals surface area contributed by atoms with Gasteiger partial charge in [0.25, 0.3) is 0 Å². The zero-order chi connectivity index (χ0) is 47.8. The highest BCUT2D eigenvalue weighted by atomic mass is 31.2. The van der Waals surface area contributed by atoms with E-state index in [-0.39, 0.29) is 12.8 Å². The summed E-state index contributed by atoms with van der Waals surface area (Å²) in [5.74, 6) is -1.20. The second kappa shape index (κ2) is 40.1. The quantitative estimate of drug-likeness (QED) is 0.0147. The number of phosphoric acid groups is 1. The minimum atomic E-state index is -5.15. The summed E-state index contributed by atoms with van der Waals surface area (Å²) in [5, 5.41) is 50.2. The molecule has 0 amide bonds. The number of carbonyl (C=O) groups excluding carboxylic acids is 2. The summed E-state index contributed by atoms with van der Waals surface area (Å²) < 4.78 is 33.5. The zero-order valence-electron chi connectivity index (χ0n) is 39.5. The lowest BCUT2D eigenvalue weighted by atomic mass is 9.85. The monoisotopic (exact) mass is 937 g/mol. The van der Waals surface area contributed by atoms with Gasteiger partial charge in [-0.15, -0.1) is 0 Å². The van der Waals surface area contributed by atoms with Gasteiger partial charge < -0.3 is 39.9 Å². The van der Waals surface area contributed by atoms with Gasteiger partial charge in [-0.25, -0.2) is 4.57 Å². The summed E-state index contributed by atoms with van der Waals surface area (Å²) in [7, 11) is -5.15. The van der Waals surface area contributed by atoms with Gasteiger partial charge >= 0.3 is 19.8 Å². The van der Waals surface area contributed by atoms with E-state index in [2.05, 4.69) is 86.8 Å². The van der Waals surface area contributed by atoms with Crippen LogP contribution in [0.2, 0.25) is 0 Å². The van der Waals surface area contributed by atoms with Crippen molar-refractivity contribution in [3.05, 3.63) is 85.1 Å². The topological polar surface area (TPSA) is 210 Å². The van der Waals surface area contributed by atoms with Gasteiger partial charge in [-0.2, -0.15) is 0 Å². The van der Waals surface area contributed by atoms with Gasteiger partial charge in [-0.3, -0.25) is 18.6 Å². The molecule has 1 rings (SSSR count). The lowest BCUT2D eigenvalue weighted by Gasteiger charge is -2.41. The SMILES string of the molecule is CCCCC/C=C/C/C=C/C/C=C/C/C=C/CCCCCC(=O)OC[C@@H](COP(=O)(O)OC1C(O)C(O)C(O)[C@H](O)C1O)OC(=O)CCC/C=C/C/C=C/C/C=C/CCCCCCCC. The lowest BCUT2D eigenvalue weighted by Crippen LogP contribution is -2.64. The number of aliphatic hydroxyl groups excluding tert-OH is 5. The molecule has 1 aliphatic rings. The maximum atomic E-state index is 12.8. The third kappa shape index (κ3) is 32.4. The third-order valence-corrected chi connectivity index (χ3v) is 11.7. The van der Waals surface area contributed by atoms with Crippen LogP contribution in [0, 0.1) is 0 Å². The Balaban J connectivity index is 2.51. The zero-order valence-corrected chi connectivity index (χ0v) is 40.4. The molecule has 0 aromatic carbocycles. The second-order valence-electron chi connectivity index (χ2n) is 16.6. The molecule has 1 fully saturated rings. The van der Waals surface area contributed by atoms with Gasteiger partial charge in [0.2, 0.25) is 0 Å². The molecule has 372 valence electrons. The Morgan fingerprint density at radius 1 is 0.477 bits per heavy atom. The molecule has 0 spiro atoms. The van der Waals surface area contributed by atoms with Crippen molar-refractivity contribution in [1.29, 1.82) is 0 Å². The molecule has 65 heavy (non-hydrogen) atoms. The van der Waals surface area contributed by atoms with Gasteiger partial charge in [0.1, 0.15) is 43.2 Å². The van der Waals surface area contributed by atoms with Gasteiger partial charge in [0.05, 0.1) is 6.61 Å². The van der Waals surface area contributed by atoms with Gasteiger partial charge in [0.15, 0.2) is 6.10 Å². The van der Waals surface area contributed by atoms with E-state index in [9.17, 15) is 44.6 Å². The third-order valence-electron chi connectivity index (χ3n) is 10.7. The smallest absolute Gasteiger partial charge is 0.462 e. The molecular weight excluding hydrogens is 852 g/mol. The van der Waals surface area contributed by atoms with Crippen molar-refractivity contribution in [2.75, 3.05) is 13.2 Å². The normalized spacial score (nSPS) is 22.2. The largest absolute Gasteiger partial charge is 0.472 e. The first-order valence-corrected chi connectivity index (χ1v) is 25.9. The van der Waals surface area contributed by atoms with Crippen LogP contribution in [0.25, 0.3) is 0 Å². The Kier molecular flexibility index (Phi) is 37.1. The molecule has 1 saturated carbocycles. The van der Waals surface area contributed by atoms with Gasteiger partial charge in [0, 0.05) is 12.8 Å². The van der Waals surface area contributed by atoms with Crippen LogP contribution in [0.1, 0.15) is 168 Å². The van der Waals surface area contributed by atoms with Crippen molar-refractivity contribution in [3.8, 4) is 0 Å². The highest BCUT2D eigenvalue weighted by Crippen LogP contribution is 2.47. The molecule has 0 aromatic heterocycles. The molecule has 0 aliphatic heterocycles. The predicted molar refractivity (Wildman–Crippen MR) is 258 cm³/mol. The molecule has 0 bridgehead atoms. The van der Waals surface area contributed by atoms with Crippen molar-refractivity contribution < 1.29 is 63.1 Å². The number of allylic oxidation sites excluding steroid dienone is 14. The molecular formula is C51H85O13P. The highest BCUT2D eigenvalue weighted by Gasteiger charge is 2.51. The number of phosphoric ester groups is 1. The number of esters is 2. The summed E-state index contributed by atoms with van der Waals surface area (Å²) >= 11 is 0. The lowest BCUT2D eigenvalue weighted by molar-refractivity contribution is -0.220. The Labute approximate surface area is 390 Å². The van der Waals surface area contributed by atoms with Crippen molar-refractivity contribution in [3.63, 3.8) is 0 Å². The molecule has 14 heteroatoms. The molecule has 0 aromatic rings. The maximum Gasteiger partial charge on any atom is 0.472 e. The Morgan fingerprint density at radius 3 is 1.34 bits per heavy atom. The van der Waals surface area contributed by atoms with Crippen LogP contribution in [0.3, 0.4) is 0 Å². The highest BCUT2D eigenvalue weighted by molar-refractivity contribution is 7.47. The maximum absolute atomic E-state index is 12.8. The second-order valence-corrected chi connectivity index (χ2v) is 18.0. The van der Waals surface area contributed by atoms with Crippen LogP contribution >= 0.6 is 7.82 Å². The summed E-state index contributed by atoms with van der Waals surface area (Å²) in [5.41, 5.74) is 0. The summed E-state index contributed by atoms with van der Waals surface area (Å²) in [4.78, 5) is 35.7. The van der Waals surface area contributed by atoms with Crippen LogP contribution in [0.4, 0.5) is 0 Å². The van der Waals surface area contributed by atoms with Crippen LogP contribution in [0.15, 0.2) is 85.1 Å². The molecule has 13 nitrogen and oxygen atoms in total. The minimum absolute atomic E-state index is 0.0132. The van der Waals surface area contributed by atoms with E-state index in [1.807, 2.05) is 12.2 Å². The average molecular weight is 937 g/mol. The fraction of sp³-hybridized carbons (Fsp3) is 0.686. The van der Waals surface area contributed by atoms with Crippen molar-refractivity contribution in [2.45, 2.75) is 211 Å². The number of rotatable bonds is 39. The number of carbonyl (C=O) groups is 2. The van der Waals surface area contributed by atoms with E-state index in [0.717, 1.165) is 64.2 Å². The van der Waals surface area contributed by atoms with Crippen molar-refractivity contribution in [2.24, 2.45) is 0 Å². The first-order valence-electron chi connectivity index (χ1n) is 24.4. The summed E-state index contributed by atoms with van der Waals surface area (Å²) in [6.07, 6.45) is 39.2. The molecule has 8 atom stereocenters. The molecule has 0 saturated heterocycles. The summed E-state index contributed by atoms with van der Waals surface area (Å²) in [6, 6.07) is 0. The Morgan fingerprint density at radius 2 is 0.846 bits per heavy atom. The first kappa shape index (κ1) is 60.0. The fourth-order valence-electron chi connectivity index (χ4n) is 6.76. The van der Waals surface area contributed by atoms with Gasteiger partial charge in [-0.1, -0.05) is 150 Å². The number of aliphatic hydroxyl groups is 5. The standard InChI is InChI=1S/C51H85O13P/c1-3-5-7-9-11-13-15-17-19-21-22-24-25-27-29-31-33-35-37-39-44(52)61-41-43(42-62-65(59,60)64-51-49(57)47(55)46(54)48(56)50(51)58)63-45(53)40-38-36-34-32-30-28-26-23-20-18-16-14-12-10-8-6-4-2/h11,13,17-20,22,24,26-29,32,34,43,46-51,54-58H,3-10,12,14-16,21,23,25,30-31,33,35-42H2,1-2H3,(H,59,60)/b13-11+,19-17+,20-18+,24-22+,28-26+,29-27+,34-32+/t43-,46?,47-,48?,49?,50?,51?/m0/s1. The Hall–Kier alpha value is -2.97. The van der Waals surface area contributed by atoms with E-state index in [1.165, 1.54) is 57.8 Å². The minimum Gasteiger partial charge on any atom is -0.462 e. The number of ether oxygens (including phenoxy) is 2. The van der Waals surface area contributed by atoms with E-state index in [4.69, 9.17) is 18.5 Å². The number of hydrogen-bond acceptors (Lipinski definition) is 12. The van der Waals surface area contributed by atoms with Crippen LogP contribution < -0.4 is 0 Å². The molecule has 1 aliphatic carbocycles. The van der Waals surface area contributed by atoms with Crippen LogP contribution in [-0.2, 0) is 32.7 Å². The van der Waals surface area contributed by atoms with Crippen molar-refractivity contribution >= 4 is 19.8 Å². The number of unbranched alkanes of at least 4 members (excludes halogenated alkanes) is 13. The van der Waals surface area contributed by atoms with Gasteiger partial charge in [-0.05, 0) is 89.9 Å². The molecule has 6 N–H and O–H groups in total. The molecule has 6 unspecified atom stereocenters. The van der Waals surface area contributed by atoms with E-state index >= 15 is 0 Å².